The fourth-order valence-corrected chi connectivity index (χ4v) is 4.10. The van der Waals surface area contributed by atoms with Crippen LogP contribution in [0.2, 0.25) is 0 Å². The number of amides is 2. The minimum Gasteiger partial charge on any atom is -0.343 e. The third-order valence-electron chi connectivity index (χ3n) is 5.94. The van der Waals surface area contributed by atoms with Crippen LogP contribution in [0.25, 0.3) is 0 Å². The molecule has 0 saturated carbocycles. The smallest absolute Gasteiger partial charge is 0.253 e. The Kier molecular flexibility index (Phi) is 8.58. The Morgan fingerprint density at radius 1 is 1.07 bits per heavy atom. The molecular formula is C21H32ClN3O2. The molecule has 5 nitrogen and oxygen atoms in total. The Labute approximate surface area is 168 Å². The summed E-state index contributed by atoms with van der Waals surface area (Å²) >= 11 is 0. The molecule has 1 aromatic rings. The molecular weight excluding hydrogens is 362 g/mol. The second kappa shape index (κ2) is 10.7. The van der Waals surface area contributed by atoms with E-state index in [4.69, 9.17) is 0 Å². The molecule has 6 heteroatoms. The summed E-state index contributed by atoms with van der Waals surface area (Å²) in [6.07, 6.45) is 5.79. The van der Waals surface area contributed by atoms with Gasteiger partial charge in [-0.25, -0.2) is 0 Å². The quantitative estimate of drug-likeness (QED) is 0.836. The molecule has 27 heavy (non-hydrogen) atoms. The summed E-state index contributed by atoms with van der Waals surface area (Å²) in [6.45, 7) is 3.62. The highest BCUT2D eigenvalue weighted by Gasteiger charge is 2.28. The number of carbonyl (C=O) groups excluding carboxylic acids is 2. The van der Waals surface area contributed by atoms with Crippen LogP contribution in [0.3, 0.4) is 0 Å². The molecule has 2 heterocycles. The predicted molar refractivity (Wildman–Crippen MR) is 110 cm³/mol. The van der Waals surface area contributed by atoms with Crippen molar-refractivity contribution in [1.29, 1.82) is 0 Å². The van der Waals surface area contributed by atoms with E-state index in [1.165, 1.54) is 12.8 Å². The highest BCUT2D eigenvalue weighted by molar-refractivity contribution is 5.94. The molecule has 0 unspecified atom stereocenters. The number of rotatable bonds is 5. The predicted octanol–water partition coefficient (Wildman–Crippen LogP) is 2.95. The Morgan fingerprint density at radius 2 is 1.70 bits per heavy atom. The van der Waals surface area contributed by atoms with E-state index in [0.29, 0.717) is 12.3 Å². The summed E-state index contributed by atoms with van der Waals surface area (Å²) in [5.74, 6) is 1.05. The number of carbonyl (C=O) groups is 2. The first-order valence-electron chi connectivity index (χ1n) is 9.96. The molecule has 0 atom stereocenters. The topological polar surface area (TPSA) is 52.7 Å². The normalized spacial score (nSPS) is 18.6. The van der Waals surface area contributed by atoms with Gasteiger partial charge in [-0.05, 0) is 63.2 Å². The van der Waals surface area contributed by atoms with E-state index in [0.717, 1.165) is 51.0 Å². The lowest BCUT2D eigenvalue weighted by Gasteiger charge is -2.37. The number of hydrogen-bond donors (Lipinski definition) is 1. The molecule has 0 bridgehead atoms. The highest BCUT2D eigenvalue weighted by Crippen LogP contribution is 2.21. The Balaban J connectivity index is 0.00000261. The van der Waals surface area contributed by atoms with E-state index in [1.54, 1.807) is 0 Å². The molecule has 3 rings (SSSR count). The minimum absolute atomic E-state index is 0. The number of nitrogens with one attached hydrogen (secondary N) is 1. The maximum atomic E-state index is 12.6. The zero-order valence-corrected chi connectivity index (χ0v) is 17.0. The summed E-state index contributed by atoms with van der Waals surface area (Å²) in [7, 11) is 1.93. The van der Waals surface area contributed by atoms with E-state index >= 15 is 0 Å². The number of hydrogen-bond acceptors (Lipinski definition) is 3. The van der Waals surface area contributed by atoms with Gasteiger partial charge in [0.05, 0.1) is 0 Å². The van der Waals surface area contributed by atoms with Gasteiger partial charge in [-0.3, -0.25) is 9.59 Å². The van der Waals surface area contributed by atoms with Crippen molar-refractivity contribution in [2.75, 3.05) is 33.2 Å². The summed E-state index contributed by atoms with van der Waals surface area (Å²) in [5.41, 5.74) is 0.748. The van der Waals surface area contributed by atoms with E-state index in [9.17, 15) is 9.59 Å². The van der Waals surface area contributed by atoms with Crippen molar-refractivity contribution in [3.05, 3.63) is 35.9 Å². The van der Waals surface area contributed by atoms with Gasteiger partial charge in [0.15, 0.2) is 0 Å². The summed E-state index contributed by atoms with van der Waals surface area (Å²) in [6, 6.07) is 9.71. The minimum atomic E-state index is 0. The maximum absolute atomic E-state index is 12.6. The fraction of sp³-hybridized carbons (Fsp3) is 0.619. The third-order valence-corrected chi connectivity index (χ3v) is 5.94. The Morgan fingerprint density at radius 3 is 2.33 bits per heavy atom. The molecule has 1 N–H and O–H groups in total. The highest BCUT2D eigenvalue weighted by atomic mass is 35.5. The number of benzene rings is 1. The monoisotopic (exact) mass is 393 g/mol. The van der Waals surface area contributed by atoms with Crippen LogP contribution >= 0.6 is 12.4 Å². The zero-order chi connectivity index (χ0) is 18.4. The van der Waals surface area contributed by atoms with Gasteiger partial charge in [0.1, 0.15) is 0 Å². The fourth-order valence-electron chi connectivity index (χ4n) is 4.10. The van der Waals surface area contributed by atoms with Gasteiger partial charge in [0.25, 0.3) is 5.91 Å². The number of nitrogens with zero attached hydrogens (tertiary/aromatic N) is 2. The molecule has 2 saturated heterocycles. The second-order valence-corrected chi connectivity index (χ2v) is 7.63. The molecule has 0 aromatic heterocycles. The number of piperidine rings is 2. The molecule has 2 aliphatic rings. The molecule has 150 valence electrons. The van der Waals surface area contributed by atoms with Gasteiger partial charge >= 0.3 is 0 Å². The summed E-state index contributed by atoms with van der Waals surface area (Å²) in [4.78, 5) is 28.9. The van der Waals surface area contributed by atoms with E-state index in [1.807, 2.05) is 47.2 Å². The first-order chi connectivity index (χ1) is 12.6. The van der Waals surface area contributed by atoms with Crippen LogP contribution < -0.4 is 5.32 Å². The SMILES string of the molecule is CN(C(=O)CCC1CCNCC1)C1CCN(C(=O)c2ccccc2)CC1.Cl. The summed E-state index contributed by atoms with van der Waals surface area (Å²) in [5, 5.41) is 3.37. The van der Waals surface area contributed by atoms with Crippen LogP contribution in [0.15, 0.2) is 30.3 Å². The van der Waals surface area contributed by atoms with Gasteiger partial charge in [-0.15, -0.1) is 12.4 Å². The lowest BCUT2D eigenvalue weighted by molar-refractivity contribution is -0.133. The number of likely N-dealkylation sites (tertiary alicyclic amines) is 1. The number of halogens is 1. The summed E-state index contributed by atoms with van der Waals surface area (Å²) < 4.78 is 0. The van der Waals surface area contributed by atoms with Crippen LogP contribution in [0, 0.1) is 5.92 Å². The molecule has 0 aliphatic carbocycles. The lowest BCUT2D eigenvalue weighted by Crippen LogP contribution is -2.47. The molecule has 2 amide bonds. The van der Waals surface area contributed by atoms with Gasteiger partial charge in [0, 0.05) is 38.2 Å². The van der Waals surface area contributed by atoms with Crippen molar-refractivity contribution in [2.24, 2.45) is 5.92 Å². The van der Waals surface area contributed by atoms with Crippen molar-refractivity contribution in [3.8, 4) is 0 Å². The van der Waals surface area contributed by atoms with Crippen molar-refractivity contribution >= 4 is 24.2 Å². The van der Waals surface area contributed by atoms with Crippen LogP contribution in [0.1, 0.15) is 48.9 Å². The van der Waals surface area contributed by atoms with E-state index in [-0.39, 0.29) is 30.3 Å². The lowest BCUT2D eigenvalue weighted by atomic mass is 9.92. The van der Waals surface area contributed by atoms with Gasteiger partial charge in [0.2, 0.25) is 5.91 Å². The van der Waals surface area contributed by atoms with E-state index < -0.39 is 0 Å². The van der Waals surface area contributed by atoms with Gasteiger partial charge < -0.3 is 15.1 Å². The van der Waals surface area contributed by atoms with Gasteiger partial charge in [-0.1, -0.05) is 18.2 Å². The van der Waals surface area contributed by atoms with Gasteiger partial charge in [-0.2, -0.15) is 0 Å². The van der Waals surface area contributed by atoms with Crippen LogP contribution in [0.4, 0.5) is 0 Å². The first kappa shape index (κ1) is 21.7. The average Bonchev–Trinajstić information content (AvgIpc) is 2.72. The molecule has 0 spiro atoms. The van der Waals surface area contributed by atoms with Crippen molar-refractivity contribution in [2.45, 2.75) is 44.6 Å². The van der Waals surface area contributed by atoms with Crippen LogP contribution in [-0.2, 0) is 4.79 Å². The van der Waals surface area contributed by atoms with Crippen molar-refractivity contribution < 1.29 is 9.59 Å². The van der Waals surface area contributed by atoms with Crippen molar-refractivity contribution in [3.63, 3.8) is 0 Å². The largest absolute Gasteiger partial charge is 0.343 e. The van der Waals surface area contributed by atoms with Crippen LogP contribution in [0.5, 0.6) is 0 Å². The molecule has 2 fully saturated rings. The first-order valence-corrected chi connectivity index (χ1v) is 9.96. The standard InChI is InChI=1S/C21H31N3O2.ClH/c1-23(20(25)8-7-17-9-13-22-14-10-17)19-11-15-24(16-12-19)21(26)18-5-3-2-4-6-18;/h2-6,17,19,22H,7-16H2,1H3;1H. The maximum Gasteiger partial charge on any atom is 0.253 e. The second-order valence-electron chi connectivity index (χ2n) is 7.63. The van der Waals surface area contributed by atoms with E-state index in [2.05, 4.69) is 5.32 Å². The molecule has 2 aliphatic heterocycles. The molecule has 1 aromatic carbocycles. The zero-order valence-electron chi connectivity index (χ0n) is 16.2. The van der Waals surface area contributed by atoms with Crippen LogP contribution in [-0.4, -0.2) is 60.9 Å². The Hall–Kier alpha value is -1.59. The molecule has 0 radical (unpaired) electrons. The Bertz CT molecular complexity index is 597. The average molecular weight is 394 g/mol. The third kappa shape index (κ3) is 5.94. The van der Waals surface area contributed by atoms with Crippen molar-refractivity contribution in [1.82, 2.24) is 15.1 Å².